The standard InChI is InChI=1S/C7H8ClNO3S/c1-4-6(9)3-2-5(8)7(4)13(10,11)12/h2-3H,9H2,1H3,(H,10,11,12). The molecule has 0 aliphatic rings. The Kier molecular flexibility index (Phi) is 2.51. The summed E-state index contributed by atoms with van der Waals surface area (Å²) in [5.41, 5.74) is 5.99. The lowest BCUT2D eigenvalue weighted by Crippen LogP contribution is -2.04. The topological polar surface area (TPSA) is 80.4 Å². The lowest BCUT2D eigenvalue weighted by atomic mass is 10.2. The van der Waals surface area contributed by atoms with Crippen molar-refractivity contribution in [1.82, 2.24) is 0 Å². The van der Waals surface area contributed by atoms with Crippen LogP contribution in [0.1, 0.15) is 5.56 Å². The van der Waals surface area contributed by atoms with Crippen molar-refractivity contribution < 1.29 is 13.0 Å². The van der Waals surface area contributed by atoms with Gasteiger partial charge in [0.05, 0.1) is 5.02 Å². The highest BCUT2D eigenvalue weighted by Gasteiger charge is 2.18. The molecule has 0 aromatic heterocycles. The molecule has 13 heavy (non-hydrogen) atoms. The fraction of sp³-hybridized carbons (Fsp3) is 0.143. The molecule has 0 saturated heterocycles. The van der Waals surface area contributed by atoms with Gasteiger partial charge in [0, 0.05) is 5.69 Å². The third kappa shape index (κ3) is 1.93. The van der Waals surface area contributed by atoms with E-state index in [1.54, 1.807) is 0 Å². The van der Waals surface area contributed by atoms with Gasteiger partial charge in [-0.3, -0.25) is 4.55 Å². The molecular formula is C7H8ClNO3S. The highest BCUT2D eigenvalue weighted by Crippen LogP contribution is 2.28. The Morgan fingerprint density at radius 3 is 2.38 bits per heavy atom. The number of halogens is 1. The number of nitrogen functional groups attached to an aromatic ring is 1. The zero-order valence-electron chi connectivity index (χ0n) is 6.78. The van der Waals surface area contributed by atoms with Crippen molar-refractivity contribution in [3.05, 3.63) is 22.7 Å². The van der Waals surface area contributed by atoms with Gasteiger partial charge in [0.1, 0.15) is 4.90 Å². The fourth-order valence-electron chi connectivity index (χ4n) is 0.991. The van der Waals surface area contributed by atoms with Gasteiger partial charge in [-0.1, -0.05) is 11.6 Å². The van der Waals surface area contributed by atoms with Crippen LogP contribution in [0.5, 0.6) is 0 Å². The summed E-state index contributed by atoms with van der Waals surface area (Å²) in [4.78, 5) is -0.325. The predicted octanol–water partition coefficient (Wildman–Crippen LogP) is 1.48. The summed E-state index contributed by atoms with van der Waals surface area (Å²) in [5, 5.41) is -0.0331. The molecule has 0 amide bonds. The van der Waals surface area contributed by atoms with E-state index in [1.807, 2.05) is 0 Å². The molecule has 72 valence electrons. The van der Waals surface area contributed by atoms with Crippen molar-refractivity contribution in [3.63, 3.8) is 0 Å². The number of benzene rings is 1. The van der Waals surface area contributed by atoms with Crippen LogP contribution in [0, 0.1) is 6.92 Å². The second-order valence-corrected chi connectivity index (χ2v) is 4.33. The molecule has 0 heterocycles. The molecule has 3 N–H and O–H groups in total. The minimum atomic E-state index is -4.30. The van der Waals surface area contributed by atoms with Crippen LogP contribution < -0.4 is 5.73 Å². The third-order valence-corrected chi connectivity index (χ3v) is 3.13. The summed E-state index contributed by atoms with van der Waals surface area (Å²) >= 11 is 5.59. The maximum Gasteiger partial charge on any atom is 0.296 e. The maximum absolute atomic E-state index is 10.8. The Bertz CT molecular complexity index is 441. The predicted molar refractivity (Wildman–Crippen MR) is 50.4 cm³/mol. The van der Waals surface area contributed by atoms with Crippen LogP contribution in [0.15, 0.2) is 17.0 Å². The van der Waals surface area contributed by atoms with Crippen LogP contribution in [0.3, 0.4) is 0 Å². The quantitative estimate of drug-likeness (QED) is 0.556. The molecule has 0 spiro atoms. The number of hydrogen-bond acceptors (Lipinski definition) is 3. The molecule has 6 heteroatoms. The number of nitrogens with two attached hydrogens (primary N) is 1. The van der Waals surface area contributed by atoms with E-state index in [4.69, 9.17) is 21.9 Å². The first-order valence-electron chi connectivity index (χ1n) is 3.36. The molecule has 1 aromatic carbocycles. The molecule has 0 unspecified atom stereocenters. The van der Waals surface area contributed by atoms with Crippen molar-refractivity contribution in [1.29, 1.82) is 0 Å². The van der Waals surface area contributed by atoms with Gasteiger partial charge in [0.25, 0.3) is 10.1 Å². The van der Waals surface area contributed by atoms with Gasteiger partial charge in [-0.25, -0.2) is 0 Å². The largest absolute Gasteiger partial charge is 0.398 e. The van der Waals surface area contributed by atoms with Gasteiger partial charge < -0.3 is 5.73 Å². The second kappa shape index (κ2) is 3.17. The van der Waals surface area contributed by atoms with Crippen LogP contribution in [0.25, 0.3) is 0 Å². The maximum atomic E-state index is 10.8. The van der Waals surface area contributed by atoms with Crippen molar-refractivity contribution in [2.75, 3.05) is 5.73 Å². The van der Waals surface area contributed by atoms with Crippen molar-refractivity contribution in [3.8, 4) is 0 Å². The number of hydrogen-bond donors (Lipinski definition) is 2. The Balaban J connectivity index is 3.62. The van der Waals surface area contributed by atoms with Crippen LogP contribution in [-0.2, 0) is 10.1 Å². The lowest BCUT2D eigenvalue weighted by molar-refractivity contribution is 0.482. The van der Waals surface area contributed by atoms with E-state index in [0.717, 1.165) is 0 Å². The minimum absolute atomic E-state index is 0.0331. The molecule has 0 atom stereocenters. The van der Waals surface area contributed by atoms with Gasteiger partial charge in [-0.15, -0.1) is 0 Å². The lowest BCUT2D eigenvalue weighted by Gasteiger charge is -2.06. The Labute approximate surface area is 81.1 Å². The van der Waals surface area contributed by atoms with Gasteiger partial charge in [0.2, 0.25) is 0 Å². The first-order valence-corrected chi connectivity index (χ1v) is 5.18. The molecule has 0 aliphatic carbocycles. The SMILES string of the molecule is Cc1c(N)ccc(Cl)c1S(=O)(=O)O. The van der Waals surface area contributed by atoms with E-state index in [2.05, 4.69) is 0 Å². The van der Waals surface area contributed by atoms with E-state index >= 15 is 0 Å². The van der Waals surface area contributed by atoms with E-state index in [1.165, 1.54) is 19.1 Å². The fourth-order valence-corrected chi connectivity index (χ4v) is 2.31. The average molecular weight is 222 g/mol. The second-order valence-electron chi connectivity index (χ2n) is 2.57. The normalized spacial score (nSPS) is 11.6. The zero-order valence-corrected chi connectivity index (χ0v) is 8.35. The first kappa shape index (κ1) is 10.3. The van der Waals surface area contributed by atoms with Crippen LogP contribution in [0.4, 0.5) is 5.69 Å². The van der Waals surface area contributed by atoms with Crippen LogP contribution >= 0.6 is 11.6 Å². The van der Waals surface area contributed by atoms with E-state index in [0.29, 0.717) is 0 Å². The van der Waals surface area contributed by atoms with Crippen LogP contribution in [-0.4, -0.2) is 13.0 Å². The highest BCUT2D eigenvalue weighted by atomic mass is 35.5. The van der Waals surface area contributed by atoms with E-state index in [-0.39, 0.29) is 21.2 Å². The molecule has 0 fully saturated rings. The average Bonchev–Trinajstić information content (AvgIpc) is 1.95. The van der Waals surface area contributed by atoms with Crippen molar-refractivity contribution >= 4 is 27.4 Å². The summed E-state index contributed by atoms with van der Waals surface area (Å²) in [6.07, 6.45) is 0. The zero-order chi connectivity index (χ0) is 10.2. The van der Waals surface area contributed by atoms with Gasteiger partial charge in [-0.05, 0) is 24.6 Å². The molecule has 0 radical (unpaired) electrons. The van der Waals surface area contributed by atoms with E-state index in [9.17, 15) is 8.42 Å². The molecule has 4 nitrogen and oxygen atoms in total. The Morgan fingerprint density at radius 2 is 2.00 bits per heavy atom. The summed E-state index contributed by atoms with van der Waals surface area (Å²) in [6.45, 7) is 1.48. The molecule has 1 rings (SSSR count). The smallest absolute Gasteiger partial charge is 0.296 e. The van der Waals surface area contributed by atoms with Crippen molar-refractivity contribution in [2.45, 2.75) is 11.8 Å². The summed E-state index contributed by atoms with van der Waals surface area (Å²) < 4.78 is 30.5. The van der Waals surface area contributed by atoms with E-state index < -0.39 is 10.1 Å². The summed E-state index contributed by atoms with van der Waals surface area (Å²) in [7, 11) is -4.30. The molecule has 0 bridgehead atoms. The molecule has 0 saturated carbocycles. The number of rotatable bonds is 1. The van der Waals surface area contributed by atoms with Gasteiger partial charge in [0.15, 0.2) is 0 Å². The monoisotopic (exact) mass is 221 g/mol. The molecule has 0 aliphatic heterocycles. The van der Waals surface area contributed by atoms with Gasteiger partial charge >= 0.3 is 0 Å². The summed E-state index contributed by atoms with van der Waals surface area (Å²) in [6, 6.07) is 2.80. The molecule has 1 aromatic rings. The Morgan fingerprint density at radius 1 is 1.46 bits per heavy atom. The van der Waals surface area contributed by atoms with Gasteiger partial charge in [-0.2, -0.15) is 8.42 Å². The first-order chi connectivity index (χ1) is 5.84. The van der Waals surface area contributed by atoms with Crippen molar-refractivity contribution in [2.24, 2.45) is 0 Å². The molecular weight excluding hydrogens is 214 g/mol. The highest BCUT2D eigenvalue weighted by molar-refractivity contribution is 7.86. The number of anilines is 1. The van der Waals surface area contributed by atoms with Crippen LogP contribution in [0.2, 0.25) is 5.02 Å². The third-order valence-electron chi connectivity index (χ3n) is 1.66. The minimum Gasteiger partial charge on any atom is -0.398 e. The Hall–Kier alpha value is -0.780. The summed E-state index contributed by atoms with van der Waals surface area (Å²) in [5.74, 6) is 0.